The Hall–Kier alpha value is -5.32. The summed E-state index contributed by atoms with van der Waals surface area (Å²) >= 11 is 0. The van der Waals surface area contributed by atoms with Crippen molar-refractivity contribution in [2.24, 2.45) is 0 Å². The first-order chi connectivity index (χ1) is 23.8. The smallest absolute Gasteiger partial charge is 0.102 e. The molecule has 5 aromatic carbocycles. The van der Waals surface area contributed by atoms with Gasteiger partial charge in [0.25, 0.3) is 0 Å². The lowest BCUT2D eigenvalue weighted by molar-refractivity contribution is 0.437. The maximum Gasteiger partial charge on any atom is 0.102 e. The fraction of sp³-hybridized carbons (Fsp3) is 0.273. The Morgan fingerprint density at radius 3 is 1.06 bits per heavy atom. The molecule has 2 saturated carbocycles. The summed E-state index contributed by atoms with van der Waals surface area (Å²) in [4.78, 5) is 0. The fourth-order valence-electron chi connectivity index (χ4n) is 9.36. The van der Waals surface area contributed by atoms with Crippen LogP contribution in [0.3, 0.4) is 0 Å². The van der Waals surface area contributed by atoms with Crippen molar-refractivity contribution in [3.63, 3.8) is 0 Å². The summed E-state index contributed by atoms with van der Waals surface area (Å²) in [5.74, 6) is 0.394. The van der Waals surface area contributed by atoms with Gasteiger partial charge in [0.05, 0.1) is 44.6 Å². The number of aromatic nitrogens is 2. The molecule has 0 spiro atoms. The van der Waals surface area contributed by atoms with Crippen molar-refractivity contribution in [3.8, 4) is 23.5 Å². The van der Waals surface area contributed by atoms with E-state index in [1.807, 2.05) is 0 Å². The third-order valence-electron chi connectivity index (χ3n) is 11.4. The quantitative estimate of drug-likeness (QED) is 0.196. The van der Waals surface area contributed by atoms with E-state index in [0.717, 1.165) is 90.4 Å². The van der Waals surface area contributed by atoms with Crippen LogP contribution in [-0.2, 0) is 0 Å². The van der Waals surface area contributed by atoms with Crippen LogP contribution in [0.4, 0.5) is 0 Å². The highest BCUT2D eigenvalue weighted by Gasteiger charge is 2.36. The van der Waals surface area contributed by atoms with Crippen LogP contribution in [0.1, 0.15) is 98.3 Å². The lowest BCUT2D eigenvalue weighted by atomic mass is 9.74. The van der Waals surface area contributed by atoms with Crippen LogP contribution in [0.5, 0.6) is 0 Å². The third-order valence-corrected chi connectivity index (χ3v) is 11.4. The minimum absolute atomic E-state index is 0.169. The molecule has 0 atom stereocenters. The molecule has 0 amide bonds. The Balaban J connectivity index is 1.55. The molecule has 0 unspecified atom stereocenters. The number of hydrogen-bond acceptors (Lipinski definition) is 2. The minimum atomic E-state index is 0.169. The molecule has 7 aromatic rings. The molecule has 0 radical (unpaired) electrons. The average molecular weight is 623 g/mol. The molecule has 4 nitrogen and oxygen atoms in total. The molecule has 0 N–H and O–H groups in total. The van der Waals surface area contributed by atoms with Gasteiger partial charge in [-0.05, 0) is 67.3 Å². The SMILES string of the molecule is N#Cc1c(C2CCCCC2)c(C#N)c(-n2c3ccccc3c3ccccc32)c(C2CCCCC2)c1-n1c2ccccc2c2ccccc21. The summed E-state index contributed by atoms with van der Waals surface area (Å²) in [6.45, 7) is 0. The molecular formula is C44H38N4. The van der Waals surface area contributed by atoms with E-state index in [1.54, 1.807) is 0 Å². The molecule has 2 fully saturated rings. The van der Waals surface area contributed by atoms with Crippen molar-refractivity contribution >= 4 is 43.6 Å². The number of benzene rings is 5. The number of para-hydroxylation sites is 4. The van der Waals surface area contributed by atoms with Gasteiger partial charge in [0, 0.05) is 27.1 Å². The second-order valence-electron chi connectivity index (χ2n) is 13.9. The first-order valence-electron chi connectivity index (χ1n) is 17.8. The number of nitrogens with zero attached hydrogens (tertiary/aromatic N) is 4. The van der Waals surface area contributed by atoms with Crippen LogP contribution in [-0.4, -0.2) is 9.13 Å². The van der Waals surface area contributed by atoms with E-state index in [1.165, 1.54) is 39.9 Å². The van der Waals surface area contributed by atoms with Gasteiger partial charge < -0.3 is 9.13 Å². The fourth-order valence-corrected chi connectivity index (χ4v) is 9.36. The van der Waals surface area contributed by atoms with Gasteiger partial charge in [0.1, 0.15) is 12.1 Å². The molecule has 0 bridgehead atoms. The van der Waals surface area contributed by atoms with Gasteiger partial charge in [-0.3, -0.25) is 0 Å². The Labute approximate surface area is 281 Å². The minimum Gasteiger partial charge on any atom is -0.308 e. The van der Waals surface area contributed by atoms with Crippen LogP contribution in [0, 0.1) is 22.7 Å². The summed E-state index contributed by atoms with van der Waals surface area (Å²) in [6.07, 6.45) is 11.1. The van der Waals surface area contributed by atoms with Crippen LogP contribution < -0.4 is 0 Å². The lowest BCUT2D eigenvalue weighted by Gasteiger charge is -2.33. The molecular weight excluding hydrogens is 585 g/mol. The zero-order chi connectivity index (χ0) is 32.2. The standard InChI is InChI=1S/C44H38N4/c45-27-35-41(29-15-3-1-4-16-29)36(28-46)44(48-39-25-13-9-21-33(39)34-22-10-14-26-40(34)48)42(30-17-5-2-6-18-30)43(35)47-37-23-11-7-19-31(37)32-20-8-12-24-38(32)47/h7-14,19-26,29-30H,1-6,15-18H2. The largest absolute Gasteiger partial charge is 0.308 e. The van der Waals surface area contributed by atoms with E-state index in [0.29, 0.717) is 11.1 Å². The zero-order valence-corrected chi connectivity index (χ0v) is 27.3. The van der Waals surface area contributed by atoms with E-state index in [2.05, 4.69) is 118 Å². The zero-order valence-electron chi connectivity index (χ0n) is 27.3. The second-order valence-corrected chi connectivity index (χ2v) is 13.9. The highest BCUT2D eigenvalue weighted by Crippen LogP contribution is 2.50. The maximum atomic E-state index is 11.4. The number of rotatable bonds is 4. The van der Waals surface area contributed by atoms with Crippen molar-refractivity contribution in [2.45, 2.75) is 76.0 Å². The van der Waals surface area contributed by atoms with E-state index in [9.17, 15) is 10.5 Å². The van der Waals surface area contributed by atoms with Gasteiger partial charge in [-0.25, -0.2) is 0 Å². The lowest BCUT2D eigenvalue weighted by Crippen LogP contribution is -2.20. The molecule has 4 heteroatoms. The summed E-state index contributed by atoms with van der Waals surface area (Å²) < 4.78 is 4.80. The second kappa shape index (κ2) is 11.7. The number of hydrogen-bond donors (Lipinski definition) is 0. The summed E-state index contributed by atoms with van der Waals surface area (Å²) in [5, 5.41) is 27.6. The molecule has 2 aliphatic rings. The molecule has 234 valence electrons. The van der Waals surface area contributed by atoms with Crippen molar-refractivity contribution in [1.82, 2.24) is 9.13 Å². The monoisotopic (exact) mass is 622 g/mol. The van der Waals surface area contributed by atoms with Crippen LogP contribution in [0.25, 0.3) is 55.0 Å². The van der Waals surface area contributed by atoms with Gasteiger partial charge in [-0.1, -0.05) is 111 Å². The van der Waals surface area contributed by atoms with Crippen LogP contribution in [0.2, 0.25) is 0 Å². The van der Waals surface area contributed by atoms with Gasteiger partial charge in [0.2, 0.25) is 0 Å². The predicted octanol–water partition coefficient (Wildman–Crippen LogP) is 11.7. The van der Waals surface area contributed by atoms with E-state index >= 15 is 0 Å². The first-order valence-corrected chi connectivity index (χ1v) is 17.8. The normalized spacial score (nSPS) is 16.1. The summed E-state index contributed by atoms with van der Waals surface area (Å²) in [5.41, 5.74) is 9.98. The summed E-state index contributed by atoms with van der Waals surface area (Å²) in [7, 11) is 0. The van der Waals surface area contributed by atoms with E-state index in [-0.39, 0.29) is 11.8 Å². The van der Waals surface area contributed by atoms with Crippen LogP contribution in [0.15, 0.2) is 97.1 Å². The Morgan fingerprint density at radius 1 is 0.417 bits per heavy atom. The molecule has 48 heavy (non-hydrogen) atoms. The Kier molecular flexibility index (Phi) is 7.05. The number of fused-ring (bicyclic) bond motifs is 6. The predicted molar refractivity (Wildman–Crippen MR) is 196 cm³/mol. The molecule has 0 aliphatic heterocycles. The van der Waals surface area contributed by atoms with Gasteiger partial charge in [0.15, 0.2) is 0 Å². The van der Waals surface area contributed by atoms with E-state index in [4.69, 9.17) is 0 Å². The average Bonchev–Trinajstić information content (AvgIpc) is 3.67. The van der Waals surface area contributed by atoms with Crippen molar-refractivity contribution < 1.29 is 0 Å². The number of nitriles is 2. The summed E-state index contributed by atoms with van der Waals surface area (Å²) in [6, 6.07) is 40.2. The van der Waals surface area contributed by atoms with E-state index < -0.39 is 0 Å². The molecule has 0 saturated heterocycles. The topological polar surface area (TPSA) is 57.4 Å². The Bertz CT molecular complexity index is 2190. The molecule has 2 aliphatic carbocycles. The first kappa shape index (κ1) is 28.9. The van der Waals surface area contributed by atoms with Gasteiger partial charge in [-0.2, -0.15) is 10.5 Å². The van der Waals surface area contributed by atoms with Crippen molar-refractivity contribution in [3.05, 3.63) is 119 Å². The highest BCUT2D eigenvalue weighted by molar-refractivity contribution is 6.11. The maximum absolute atomic E-state index is 11.4. The highest BCUT2D eigenvalue weighted by atomic mass is 15.0. The molecule has 2 aromatic heterocycles. The molecule has 9 rings (SSSR count). The van der Waals surface area contributed by atoms with Crippen molar-refractivity contribution in [2.75, 3.05) is 0 Å². The Morgan fingerprint density at radius 2 is 0.729 bits per heavy atom. The van der Waals surface area contributed by atoms with Crippen LogP contribution >= 0.6 is 0 Å². The van der Waals surface area contributed by atoms with Gasteiger partial charge in [-0.15, -0.1) is 0 Å². The van der Waals surface area contributed by atoms with Crippen molar-refractivity contribution in [1.29, 1.82) is 10.5 Å². The third kappa shape index (κ3) is 4.26. The molecule has 2 heterocycles. The van der Waals surface area contributed by atoms with Gasteiger partial charge >= 0.3 is 0 Å².